The molecule has 110 valence electrons. The van der Waals surface area contributed by atoms with Crippen molar-refractivity contribution in [3.63, 3.8) is 0 Å². The van der Waals surface area contributed by atoms with E-state index in [1.54, 1.807) is 0 Å². The minimum Gasteiger partial charge on any atom is -0.462 e. The molecule has 0 radical (unpaired) electrons. The largest absolute Gasteiger partial charge is 0.462 e. The van der Waals surface area contributed by atoms with Crippen LogP contribution in [0.2, 0.25) is 0 Å². The second-order valence-corrected chi connectivity index (χ2v) is 4.93. The van der Waals surface area contributed by atoms with Crippen LogP contribution in [0.4, 0.5) is 0 Å². The second kappa shape index (κ2) is 7.41. The van der Waals surface area contributed by atoms with Gasteiger partial charge in [-0.3, -0.25) is 0 Å². The number of aryl methyl sites for hydroxylation is 2. The van der Waals surface area contributed by atoms with Crippen LogP contribution in [0.25, 0.3) is 0 Å². The van der Waals surface area contributed by atoms with E-state index in [0.717, 1.165) is 24.8 Å². The van der Waals surface area contributed by atoms with Crippen molar-refractivity contribution in [2.24, 2.45) is 0 Å². The fourth-order valence-corrected chi connectivity index (χ4v) is 2.35. The first kappa shape index (κ1) is 15.0. The standard InChI is InChI=1S/C16H22O4/c1-3-18-16(17)14-8-7-13(12(2)11-14)5-4-6-15-19-9-10-20-15/h7-8,11,15H,3-6,9-10H2,1-2H3. The van der Waals surface area contributed by atoms with Crippen molar-refractivity contribution in [3.05, 3.63) is 34.9 Å². The van der Waals surface area contributed by atoms with Gasteiger partial charge in [-0.25, -0.2) is 4.79 Å². The van der Waals surface area contributed by atoms with Crippen LogP contribution in [-0.4, -0.2) is 32.1 Å². The maximum atomic E-state index is 11.6. The lowest BCUT2D eigenvalue weighted by Crippen LogP contribution is -2.08. The highest BCUT2D eigenvalue weighted by molar-refractivity contribution is 5.89. The number of esters is 1. The van der Waals surface area contributed by atoms with Crippen molar-refractivity contribution < 1.29 is 19.0 Å². The zero-order valence-corrected chi connectivity index (χ0v) is 12.2. The molecule has 1 heterocycles. The van der Waals surface area contributed by atoms with Crippen LogP contribution in [-0.2, 0) is 20.6 Å². The third-order valence-electron chi connectivity index (χ3n) is 3.43. The van der Waals surface area contributed by atoms with Gasteiger partial charge in [-0.1, -0.05) is 6.07 Å². The molecule has 1 aromatic rings. The molecule has 4 heteroatoms. The second-order valence-electron chi connectivity index (χ2n) is 4.93. The summed E-state index contributed by atoms with van der Waals surface area (Å²) in [5, 5.41) is 0. The lowest BCUT2D eigenvalue weighted by molar-refractivity contribution is -0.0475. The Bertz CT molecular complexity index is 450. The van der Waals surface area contributed by atoms with Crippen LogP contribution in [0.1, 0.15) is 41.3 Å². The Balaban J connectivity index is 1.87. The summed E-state index contributed by atoms with van der Waals surface area (Å²) < 4.78 is 15.8. The minimum atomic E-state index is -0.255. The summed E-state index contributed by atoms with van der Waals surface area (Å²) in [5.74, 6) is -0.255. The summed E-state index contributed by atoms with van der Waals surface area (Å²) in [5.41, 5.74) is 3.01. The topological polar surface area (TPSA) is 44.8 Å². The monoisotopic (exact) mass is 278 g/mol. The van der Waals surface area contributed by atoms with E-state index in [-0.39, 0.29) is 12.3 Å². The van der Waals surface area contributed by atoms with Gasteiger partial charge in [0.15, 0.2) is 6.29 Å². The summed E-state index contributed by atoms with van der Waals surface area (Å²) in [6.45, 7) is 5.66. The van der Waals surface area contributed by atoms with Crippen molar-refractivity contribution >= 4 is 5.97 Å². The summed E-state index contributed by atoms with van der Waals surface area (Å²) in [7, 11) is 0. The summed E-state index contributed by atoms with van der Waals surface area (Å²) in [4.78, 5) is 11.6. The fourth-order valence-electron chi connectivity index (χ4n) is 2.35. The van der Waals surface area contributed by atoms with Gasteiger partial charge in [-0.15, -0.1) is 0 Å². The predicted octanol–water partition coefficient (Wildman–Crippen LogP) is 2.87. The smallest absolute Gasteiger partial charge is 0.338 e. The Labute approximate surface area is 120 Å². The van der Waals surface area contributed by atoms with Crippen molar-refractivity contribution in [1.29, 1.82) is 0 Å². The van der Waals surface area contributed by atoms with Gasteiger partial charge in [0, 0.05) is 0 Å². The van der Waals surface area contributed by atoms with Crippen LogP contribution in [0.3, 0.4) is 0 Å². The third kappa shape index (κ3) is 4.05. The van der Waals surface area contributed by atoms with Gasteiger partial charge in [0.05, 0.1) is 25.4 Å². The van der Waals surface area contributed by atoms with Crippen LogP contribution >= 0.6 is 0 Å². The summed E-state index contributed by atoms with van der Waals surface area (Å²) in [6, 6.07) is 5.75. The van der Waals surface area contributed by atoms with Crippen molar-refractivity contribution in [3.8, 4) is 0 Å². The SMILES string of the molecule is CCOC(=O)c1ccc(CCCC2OCCO2)c(C)c1. The first-order valence-electron chi connectivity index (χ1n) is 7.20. The van der Waals surface area contributed by atoms with E-state index in [2.05, 4.69) is 0 Å². The number of ether oxygens (including phenoxy) is 3. The Morgan fingerprint density at radius 3 is 2.75 bits per heavy atom. The Morgan fingerprint density at radius 1 is 1.35 bits per heavy atom. The molecule has 0 aliphatic carbocycles. The van der Waals surface area contributed by atoms with E-state index in [4.69, 9.17) is 14.2 Å². The zero-order valence-electron chi connectivity index (χ0n) is 12.2. The lowest BCUT2D eigenvalue weighted by atomic mass is 10.0. The number of hydrogen-bond acceptors (Lipinski definition) is 4. The highest BCUT2D eigenvalue weighted by Crippen LogP contribution is 2.17. The third-order valence-corrected chi connectivity index (χ3v) is 3.43. The maximum Gasteiger partial charge on any atom is 0.338 e. The van der Waals surface area contributed by atoms with Crippen LogP contribution in [0.15, 0.2) is 18.2 Å². The van der Waals surface area contributed by atoms with Gasteiger partial charge in [0.25, 0.3) is 0 Å². The van der Waals surface area contributed by atoms with E-state index in [9.17, 15) is 4.79 Å². The molecular formula is C16H22O4. The molecule has 0 amide bonds. The molecule has 20 heavy (non-hydrogen) atoms. The molecule has 0 unspecified atom stereocenters. The molecular weight excluding hydrogens is 256 g/mol. The van der Waals surface area contributed by atoms with Crippen molar-refractivity contribution in [2.75, 3.05) is 19.8 Å². The number of rotatable bonds is 6. The van der Waals surface area contributed by atoms with Crippen LogP contribution in [0.5, 0.6) is 0 Å². The summed E-state index contributed by atoms with van der Waals surface area (Å²) >= 11 is 0. The molecule has 0 saturated carbocycles. The number of carbonyl (C=O) groups excluding carboxylic acids is 1. The first-order chi connectivity index (χ1) is 9.70. The van der Waals surface area contributed by atoms with Gasteiger partial charge in [-0.2, -0.15) is 0 Å². The Morgan fingerprint density at radius 2 is 2.10 bits per heavy atom. The van der Waals surface area contributed by atoms with Gasteiger partial charge in [0.2, 0.25) is 0 Å². The molecule has 0 atom stereocenters. The number of hydrogen-bond donors (Lipinski definition) is 0. The summed E-state index contributed by atoms with van der Waals surface area (Å²) in [6.07, 6.45) is 2.87. The number of benzene rings is 1. The quantitative estimate of drug-likeness (QED) is 0.751. The Hall–Kier alpha value is -1.39. The normalized spacial score (nSPS) is 15.5. The molecule has 1 aliphatic rings. The van der Waals surface area contributed by atoms with E-state index in [1.165, 1.54) is 5.56 Å². The van der Waals surface area contributed by atoms with Crippen LogP contribution < -0.4 is 0 Å². The fraction of sp³-hybridized carbons (Fsp3) is 0.562. The average molecular weight is 278 g/mol. The van der Waals surface area contributed by atoms with Gasteiger partial charge in [0.1, 0.15) is 0 Å². The van der Waals surface area contributed by atoms with E-state index < -0.39 is 0 Å². The van der Waals surface area contributed by atoms with Gasteiger partial charge < -0.3 is 14.2 Å². The Kier molecular flexibility index (Phi) is 5.56. The van der Waals surface area contributed by atoms with E-state index in [0.29, 0.717) is 25.4 Å². The van der Waals surface area contributed by atoms with Crippen molar-refractivity contribution in [2.45, 2.75) is 39.4 Å². The van der Waals surface area contributed by atoms with Gasteiger partial charge >= 0.3 is 5.97 Å². The molecule has 0 bridgehead atoms. The first-order valence-corrected chi connectivity index (χ1v) is 7.20. The van der Waals surface area contributed by atoms with E-state index in [1.807, 2.05) is 32.0 Å². The highest BCUT2D eigenvalue weighted by atomic mass is 16.7. The number of carbonyl (C=O) groups is 1. The molecule has 0 aromatic heterocycles. The molecule has 4 nitrogen and oxygen atoms in total. The minimum absolute atomic E-state index is 0.0332. The lowest BCUT2D eigenvalue weighted by Gasteiger charge is -2.11. The maximum absolute atomic E-state index is 11.6. The van der Waals surface area contributed by atoms with Gasteiger partial charge in [-0.05, 0) is 56.4 Å². The predicted molar refractivity (Wildman–Crippen MR) is 75.8 cm³/mol. The molecule has 1 fully saturated rings. The average Bonchev–Trinajstić information content (AvgIpc) is 2.94. The molecule has 0 N–H and O–H groups in total. The molecule has 1 saturated heterocycles. The van der Waals surface area contributed by atoms with Crippen molar-refractivity contribution in [1.82, 2.24) is 0 Å². The molecule has 2 rings (SSSR count). The zero-order chi connectivity index (χ0) is 14.4. The van der Waals surface area contributed by atoms with Crippen LogP contribution in [0, 0.1) is 6.92 Å². The molecule has 0 spiro atoms. The highest BCUT2D eigenvalue weighted by Gasteiger charge is 2.15. The van der Waals surface area contributed by atoms with E-state index >= 15 is 0 Å². The molecule has 1 aromatic carbocycles. The molecule has 1 aliphatic heterocycles.